The number of pyridine rings is 1. The SMILES string of the molecule is O=C(NCc1cc(-c2cccnc2Cl)n(C2CCCCO2)n1)c1ccccc1OC(F)(F)F. The summed E-state index contributed by atoms with van der Waals surface area (Å²) in [6, 6.07) is 10.5. The van der Waals surface area contributed by atoms with E-state index >= 15 is 0 Å². The maximum atomic E-state index is 12.7. The van der Waals surface area contributed by atoms with Crippen LogP contribution in [0, 0.1) is 0 Å². The van der Waals surface area contributed by atoms with E-state index in [1.807, 2.05) is 0 Å². The average molecular weight is 481 g/mol. The molecule has 1 aromatic carbocycles. The van der Waals surface area contributed by atoms with Crippen molar-refractivity contribution in [3.05, 3.63) is 65.1 Å². The Hall–Kier alpha value is -3.11. The van der Waals surface area contributed by atoms with Crippen LogP contribution in [0.5, 0.6) is 5.75 Å². The van der Waals surface area contributed by atoms with Gasteiger partial charge in [-0.1, -0.05) is 23.7 Å². The van der Waals surface area contributed by atoms with Crippen molar-refractivity contribution >= 4 is 17.5 Å². The van der Waals surface area contributed by atoms with Crippen LogP contribution in [0.1, 0.15) is 41.5 Å². The number of carbonyl (C=O) groups excluding carboxylic acids is 1. The third-order valence-electron chi connectivity index (χ3n) is 5.04. The molecule has 1 fully saturated rings. The molecule has 11 heteroatoms. The predicted molar refractivity (Wildman–Crippen MR) is 114 cm³/mol. The number of nitrogens with one attached hydrogen (secondary N) is 1. The second-order valence-corrected chi connectivity index (χ2v) is 7.71. The number of benzene rings is 1. The quantitative estimate of drug-likeness (QED) is 0.495. The standard InChI is InChI=1S/C22H20ClF3N4O3/c23-20-15(7-5-10-27-20)17-12-14(29-30(17)19-9-3-4-11-32-19)13-28-21(31)16-6-1-2-8-18(16)33-22(24,25)26/h1-2,5-8,10,12,19H,3-4,9,11,13H2,(H,28,31). The molecule has 3 heterocycles. The van der Waals surface area contributed by atoms with Gasteiger partial charge in [-0.25, -0.2) is 9.67 Å². The monoisotopic (exact) mass is 480 g/mol. The lowest BCUT2D eigenvalue weighted by molar-refractivity contribution is -0.274. The van der Waals surface area contributed by atoms with Gasteiger partial charge in [-0.05, 0) is 49.6 Å². The molecule has 1 aliphatic heterocycles. The Balaban J connectivity index is 1.57. The molecule has 174 valence electrons. The molecule has 1 atom stereocenters. The molecule has 0 aliphatic carbocycles. The van der Waals surface area contributed by atoms with E-state index in [0.717, 1.165) is 25.3 Å². The van der Waals surface area contributed by atoms with Gasteiger partial charge in [0.1, 0.15) is 10.9 Å². The van der Waals surface area contributed by atoms with Crippen LogP contribution < -0.4 is 10.1 Å². The minimum Gasteiger partial charge on any atom is -0.405 e. The van der Waals surface area contributed by atoms with Gasteiger partial charge in [0, 0.05) is 18.4 Å². The third kappa shape index (κ3) is 5.63. The topological polar surface area (TPSA) is 78.3 Å². The van der Waals surface area contributed by atoms with Crippen LogP contribution in [0.3, 0.4) is 0 Å². The van der Waals surface area contributed by atoms with Gasteiger partial charge >= 0.3 is 6.36 Å². The van der Waals surface area contributed by atoms with Crippen molar-refractivity contribution in [3.63, 3.8) is 0 Å². The lowest BCUT2D eigenvalue weighted by atomic mass is 10.1. The fraction of sp³-hybridized carbons (Fsp3) is 0.318. The minimum absolute atomic E-state index is 0.0240. The summed E-state index contributed by atoms with van der Waals surface area (Å²) >= 11 is 6.29. The van der Waals surface area contributed by atoms with Crippen molar-refractivity contribution in [1.82, 2.24) is 20.1 Å². The van der Waals surface area contributed by atoms with Gasteiger partial charge in [-0.3, -0.25) is 4.79 Å². The summed E-state index contributed by atoms with van der Waals surface area (Å²) in [4.78, 5) is 16.7. The fourth-order valence-electron chi connectivity index (χ4n) is 3.58. The maximum Gasteiger partial charge on any atom is 0.573 e. The van der Waals surface area contributed by atoms with Gasteiger partial charge < -0.3 is 14.8 Å². The molecule has 3 aromatic rings. The number of hydrogen-bond donors (Lipinski definition) is 1. The molecule has 0 spiro atoms. The maximum absolute atomic E-state index is 12.7. The number of para-hydroxylation sites is 1. The van der Waals surface area contributed by atoms with Crippen molar-refractivity contribution < 1.29 is 27.4 Å². The molecule has 1 unspecified atom stereocenters. The van der Waals surface area contributed by atoms with Crippen LogP contribution in [-0.2, 0) is 11.3 Å². The van der Waals surface area contributed by atoms with Gasteiger partial charge in [-0.2, -0.15) is 5.10 Å². The molecular formula is C22H20ClF3N4O3. The Labute approximate surface area is 192 Å². The molecule has 0 saturated carbocycles. The van der Waals surface area contributed by atoms with Gasteiger partial charge in [0.25, 0.3) is 5.91 Å². The van der Waals surface area contributed by atoms with Gasteiger partial charge in [0.2, 0.25) is 0 Å². The number of aromatic nitrogens is 3. The molecule has 33 heavy (non-hydrogen) atoms. The van der Waals surface area contributed by atoms with E-state index in [1.165, 1.54) is 18.2 Å². The Morgan fingerprint density at radius 2 is 2.06 bits per heavy atom. The predicted octanol–water partition coefficient (Wildman–Crippen LogP) is 5.13. The van der Waals surface area contributed by atoms with Crippen LogP contribution in [-0.4, -0.2) is 33.6 Å². The van der Waals surface area contributed by atoms with Crippen LogP contribution in [0.4, 0.5) is 13.2 Å². The first-order chi connectivity index (χ1) is 15.8. The highest BCUT2D eigenvalue weighted by molar-refractivity contribution is 6.32. The molecule has 1 saturated heterocycles. The van der Waals surface area contributed by atoms with E-state index in [4.69, 9.17) is 16.3 Å². The third-order valence-corrected chi connectivity index (χ3v) is 5.34. The normalized spacial score (nSPS) is 16.4. The summed E-state index contributed by atoms with van der Waals surface area (Å²) in [5.74, 6) is -1.30. The molecule has 1 amide bonds. The summed E-state index contributed by atoms with van der Waals surface area (Å²) in [6.45, 7) is 0.580. The highest BCUT2D eigenvalue weighted by Crippen LogP contribution is 2.32. The van der Waals surface area contributed by atoms with E-state index in [9.17, 15) is 18.0 Å². The number of hydrogen-bond acceptors (Lipinski definition) is 5. The second-order valence-electron chi connectivity index (χ2n) is 7.36. The fourth-order valence-corrected chi connectivity index (χ4v) is 3.80. The number of ether oxygens (including phenoxy) is 2. The first-order valence-electron chi connectivity index (χ1n) is 10.3. The highest BCUT2D eigenvalue weighted by Gasteiger charge is 2.33. The molecule has 0 bridgehead atoms. The van der Waals surface area contributed by atoms with E-state index in [1.54, 1.807) is 29.1 Å². The summed E-state index contributed by atoms with van der Waals surface area (Å²) in [6.07, 6.45) is -0.926. The van der Waals surface area contributed by atoms with Crippen molar-refractivity contribution in [3.8, 4) is 17.0 Å². The lowest BCUT2D eigenvalue weighted by Gasteiger charge is -2.24. The van der Waals surface area contributed by atoms with Crippen molar-refractivity contribution in [2.45, 2.75) is 38.4 Å². The smallest absolute Gasteiger partial charge is 0.405 e. The summed E-state index contributed by atoms with van der Waals surface area (Å²) in [5, 5.41) is 7.47. The van der Waals surface area contributed by atoms with E-state index in [0.29, 0.717) is 28.7 Å². The summed E-state index contributed by atoms with van der Waals surface area (Å²) in [7, 11) is 0. The van der Waals surface area contributed by atoms with Crippen LogP contribution in [0.2, 0.25) is 5.15 Å². The summed E-state index contributed by atoms with van der Waals surface area (Å²) in [5.41, 5.74) is 1.58. The average Bonchev–Trinajstić information content (AvgIpc) is 3.22. The zero-order valence-electron chi connectivity index (χ0n) is 17.3. The molecule has 4 rings (SSSR count). The van der Waals surface area contributed by atoms with Gasteiger partial charge in [0.15, 0.2) is 6.23 Å². The van der Waals surface area contributed by atoms with Crippen molar-refractivity contribution in [2.75, 3.05) is 6.61 Å². The Kier molecular flexibility index (Phi) is 6.85. The number of rotatable bonds is 6. The molecule has 1 N–H and O–H groups in total. The number of halogens is 4. The Morgan fingerprint density at radius 1 is 1.24 bits per heavy atom. The largest absolute Gasteiger partial charge is 0.573 e. The first kappa shape index (κ1) is 23.1. The highest BCUT2D eigenvalue weighted by atomic mass is 35.5. The molecule has 0 radical (unpaired) electrons. The van der Waals surface area contributed by atoms with Crippen molar-refractivity contribution in [2.24, 2.45) is 0 Å². The first-order valence-corrected chi connectivity index (χ1v) is 10.6. The number of carbonyl (C=O) groups is 1. The van der Waals surface area contributed by atoms with Gasteiger partial charge in [0.05, 0.1) is 23.5 Å². The van der Waals surface area contributed by atoms with Crippen LogP contribution in [0.15, 0.2) is 48.7 Å². The number of amides is 1. The van der Waals surface area contributed by atoms with E-state index in [-0.39, 0.29) is 18.3 Å². The Morgan fingerprint density at radius 3 is 2.79 bits per heavy atom. The molecule has 7 nitrogen and oxygen atoms in total. The Bertz CT molecular complexity index is 1130. The molecule has 2 aromatic heterocycles. The lowest BCUT2D eigenvalue weighted by Crippen LogP contribution is -2.26. The minimum atomic E-state index is -4.91. The number of nitrogens with zero attached hydrogens (tertiary/aromatic N) is 3. The second kappa shape index (κ2) is 9.80. The zero-order chi connectivity index (χ0) is 23.4. The van der Waals surface area contributed by atoms with E-state index < -0.39 is 18.0 Å². The van der Waals surface area contributed by atoms with Crippen LogP contribution in [0.25, 0.3) is 11.3 Å². The van der Waals surface area contributed by atoms with E-state index in [2.05, 4.69) is 20.1 Å². The summed E-state index contributed by atoms with van der Waals surface area (Å²) < 4.78 is 49.5. The van der Waals surface area contributed by atoms with Gasteiger partial charge in [-0.15, -0.1) is 13.2 Å². The zero-order valence-corrected chi connectivity index (χ0v) is 18.1. The molecular weight excluding hydrogens is 461 g/mol. The van der Waals surface area contributed by atoms with Crippen molar-refractivity contribution in [1.29, 1.82) is 0 Å². The van der Waals surface area contributed by atoms with Crippen LogP contribution >= 0.6 is 11.6 Å². The number of alkyl halides is 3. The molecule has 1 aliphatic rings.